The molecule has 2 rings (SSSR count). The van der Waals surface area contributed by atoms with E-state index in [9.17, 15) is 8.42 Å². The van der Waals surface area contributed by atoms with Gasteiger partial charge in [0.25, 0.3) is 10.0 Å². The van der Waals surface area contributed by atoms with Crippen LogP contribution in [0.4, 0.5) is 5.69 Å². The van der Waals surface area contributed by atoms with Gasteiger partial charge in [-0.25, -0.2) is 8.42 Å². The Labute approximate surface area is 128 Å². The Morgan fingerprint density at radius 2 is 1.95 bits per heavy atom. The zero-order valence-electron chi connectivity index (χ0n) is 11.3. The first-order chi connectivity index (χ1) is 9.97. The highest BCUT2D eigenvalue weighted by Gasteiger charge is 2.18. The van der Waals surface area contributed by atoms with E-state index in [1.54, 1.807) is 30.3 Å². The lowest BCUT2D eigenvalue weighted by molar-refractivity contribution is 0.415. The molecule has 0 aromatic heterocycles. The molecule has 0 spiro atoms. The quantitative estimate of drug-likeness (QED) is 0.885. The van der Waals surface area contributed by atoms with E-state index in [4.69, 9.17) is 22.1 Å². The number of rotatable bonds is 5. The van der Waals surface area contributed by atoms with E-state index in [0.29, 0.717) is 22.0 Å². The summed E-state index contributed by atoms with van der Waals surface area (Å²) >= 11 is 5.91. The summed E-state index contributed by atoms with van der Waals surface area (Å²) in [7, 11) is -2.26. The highest BCUT2D eigenvalue weighted by atomic mass is 35.5. The van der Waals surface area contributed by atoms with Crippen LogP contribution < -0.4 is 15.2 Å². The largest absolute Gasteiger partial charge is 0.495 e. The van der Waals surface area contributed by atoms with Crippen LogP contribution >= 0.6 is 11.6 Å². The minimum atomic E-state index is -3.72. The van der Waals surface area contributed by atoms with Crippen molar-refractivity contribution in [2.24, 2.45) is 5.73 Å². The monoisotopic (exact) mass is 326 g/mol. The number of methoxy groups -OCH3 is 1. The van der Waals surface area contributed by atoms with Crippen molar-refractivity contribution in [1.29, 1.82) is 0 Å². The fraction of sp³-hybridized carbons (Fsp3) is 0.143. The molecule has 0 saturated carbocycles. The molecule has 0 unspecified atom stereocenters. The van der Waals surface area contributed by atoms with Crippen LogP contribution in [-0.2, 0) is 16.6 Å². The highest BCUT2D eigenvalue weighted by Crippen LogP contribution is 2.29. The molecule has 0 saturated heterocycles. The topological polar surface area (TPSA) is 81.4 Å². The number of anilines is 1. The van der Waals surface area contributed by atoms with Crippen molar-refractivity contribution in [2.75, 3.05) is 11.8 Å². The molecule has 0 aliphatic rings. The van der Waals surface area contributed by atoms with Crippen LogP contribution in [0.1, 0.15) is 5.56 Å². The summed E-state index contributed by atoms with van der Waals surface area (Å²) in [6.07, 6.45) is 0. The average molecular weight is 327 g/mol. The van der Waals surface area contributed by atoms with Gasteiger partial charge in [-0.05, 0) is 23.8 Å². The smallest absolute Gasteiger partial charge is 0.262 e. The summed E-state index contributed by atoms with van der Waals surface area (Å²) in [5, 5.41) is 0.405. The van der Waals surface area contributed by atoms with E-state index in [1.165, 1.54) is 19.2 Å². The summed E-state index contributed by atoms with van der Waals surface area (Å²) in [6.45, 7) is 0.140. The van der Waals surface area contributed by atoms with Crippen LogP contribution in [0.2, 0.25) is 5.02 Å². The van der Waals surface area contributed by atoms with Gasteiger partial charge in [0.15, 0.2) is 0 Å². The second kappa shape index (κ2) is 6.34. The molecule has 0 radical (unpaired) electrons. The average Bonchev–Trinajstić information content (AvgIpc) is 2.49. The number of hydrogen-bond acceptors (Lipinski definition) is 4. The van der Waals surface area contributed by atoms with Crippen molar-refractivity contribution < 1.29 is 13.2 Å². The summed E-state index contributed by atoms with van der Waals surface area (Å²) in [5.41, 5.74) is 6.49. The zero-order chi connectivity index (χ0) is 15.5. The molecule has 2 aromatic rings. The van der Waals surface area contributed by atoms with Gasteiger partial charge in [0, 0.05) is 12.6 Å². The van der Waals surface area contributed by atoms with Crippen LogP contribution in [0.15, 0.2) is 47.4 Å². The third-order valence-corrected chi connectivity index (χ3v) is 4.68. The molecular formula is C14H15ClN2O3S. The van der Waals surface area contributed by atoms with Crippen molar-refractivity contribution >= 4 is 27.3 Å². The van der Waals surface area contributed by atoms with E-state index >= 15 is 0 Å². The normalized spacial score (nSPS) is 11.2. The Kier molecular flexibility index (Phi) is 4.72. The van der Waals surface area contributed by atoms with Gasteiger partial charge in [0.05, 0.1) is 22.7 Å². The molecule has 0 heterocycles. The van der Waals surface area contributed by atoms with Crippen molar-refractivity contribution in [2.45, 2.75) is 11.4 Å². The first-order valence-electron chi connectivity index (χ1n) is 6.12. The van der Waals surface area contributed by atoms with Crippen LogP contribution in [-0.4, -0.2) is 15.5 Å². The maximum Gasteiger partial charge on any atom is 0.262 e. The van der Waals surface area contributed by atoms with Crippen molar-refractivity contribution in [3.63, 3.8) is 0 Å². The van der Waals surface area contributed by atoms with Gasteiger partial charge in [-0.1, -0.05) is 29.8 Å². The zero-order valence-corrected chi connectivity index (χ0v) is 12.9. The third kappa shape index (κ3) is 3.47. The number of nitrogens with two attached hydrogens (primary N) is 1. The summed E-state index contributed by atoms with van der Waals surface area (Å²) < 4.78 is 32.4. The molecular weight excluding hydrogens is 312 g/mol. The number of nitrogens with one attached hydrogen (secondary N) is 1. The maximum absolute atomic E-state index is 12.4. The molecule has 0 bridgehead atoms. The van der Waals surface area contributed by atoms with E-state index < -0.39 is 10.0 Å². The van der Waals surface area contributed by atoms with Crippen LogP contribution in [0.5, 0.6) is 5.75 Å². The summed E-state index contributed by atoms with van der Waals surface area (Å²) in [6, 6.07) is 11.2. The maximum atomic E-state index is 12.4. The van der Waals surface area contributed by atoms with Gasteiger partial charge in [-0.3, -0.25) is 4.72 Å². The lowest BCUT2D eigenvalue weighted by atomic mass is 10.2. The Morgan fingerprint density at radius 3 is 2.62 bits per heavy atom. The van der Waals surface area contributed by atoms with Crippen molar-refractivity contribution in [3.8, 4) is 5.75 Å². The van der Waals surface area contributed by atoms with Gasteiger partial charge < -0.3 is 10.5 Å². The van der Waals surface area contributed by atoms with Crippen molar-refractivity contribution in [3.05, 3.63) is 53.1 Å². The molecule has 112 valence electrons. The fourth-order valence-electron chi connectivity index (χ4n) is 1.87. The minimum Gasteiger partial charge on any atom is -0.495 e. The van der Waals surface area contributed by atoms with Crippen molar-refractivity contribution in [1.82, 2.24) is 0 Å². The molecule has 7 heteroatoms. The van der Waals surface area contributed by atoms with Gasteiger partial charge in [-0.2, -0.15) is 0 Å². The predicted molar refractivity (Wildman–Crippen MR) is 83.1 cm³/mol. The molecule has 3 N–H and O–H groups in total. The number of halogens is 1. The lowest BCUT2D eigenvalue weighted by Crippen LogP contribution is -2.16. The van der Waals surface area contributed by atoms with E-state index in [0.717, 1.165) is 0 Å². The first kappa shape index (κ1) is 15.6. The van der Waals surface area contributed by atoms with Gasteiger partial charge >= 0.3 is 0 Å². The molecule has 2 aromatic carbocycles. The lowest BCUT2D eigenvalue weighted by Gasteiger charge is -2.12. The summed E-state index contributed by atoms with van der Waals surface area (Å²) in [5.74, 6) is 0.393. The molecule has 0 aliphatic heterocycles. The summed E-state index contributed by atoms with van der Waals surface area (Å²) in [4.78, 5) is 0.154. The predicted octanol–water partition coefficient (Wildman–Crippen LogP) is 2.61. The Balaban J connectivity index is 2.37. The molecule has 0 amide bonds. The number of sulfonamides is 1. The Morgan fingerprint density at radius 1 is 1.24 bits per heavy atom. The van der Waals surface area contributed by atoms with Gasteiger partial charge in [-0.15, -0.1) is 0 Å². The third-order valence-electron chi connectivity index (χ3n) is 2.89. The number of hydrogen-bond donors (Lipinski definition) is 2. The Hall–Kier alpha value is -1.76. The molecule has 5 nitrogen and oxygen atoms in total. The fourth-order valence-corrected chi connectivity index (χ4v) is 3.36. The SMILES string of the molecule is COc1cc(NS(=O)(=O)c2ccccc2CN)ccc1Cl. The molecule has 0 fully saturated rings. The van der Waals surface area contributed by atoms with Crippen LogP contribution in [0, 0.1) is 0 Å². The molecule has 21 heavy (non-hydrogen) atoms. The van der Waals surface area contributed by atoms with E-state index in [2.05, 4.69) is 4.72 Å². The molecule has 0 aliphatic carbocycles. The van der Waals surface area contributed by atoms with Crippen LogP contribution in [0.3, 0.4) is 0 Å². The van der Waals surface area contributed by atoms with Gasteiger partial charge in [0.1, 0.15) is 5.75 Å². The standard InChI is InChI=1S/C14H15ClN2O3S/c1-20-13-8-11(6-7-12(13)15)17-21(18,19)14-5-3-2-4-10(14)9-16/h2-8,17H,9,16H2,1H3. The highest BCUT2D eigenvalue weighted by molar-refractivity contribution is 7.92. The minimum absolute atomic E-state index is 0.140. The van der Waals surface area contributed by atoms with Gasteiger partial charge in [0.2, 0.25) is 0 Å². The second-order valence-corrected chi connectivity index (χ2v) is 6.32. The second-order valence-electron chi connectivity index (χ2n) is 4.27. The number of benzene rings is 2. The Bertz CT molecular complexity index is 748. The van der Waals surface area contributed by atoms with E-state index in [1.807, 2.05) is 0 Å². The van der Waals surface area contributed by atoms with Crippen LogP contribution in [0.25, 0.3) is 0 Å². The number of ether oxygens (including phenoxy) is 1. The van der Waals surface area contributed by atoms with E-state index in [-0.39, 0.29) is 11.4 Å². The molecule has 0 atom stereocenters. The first-order valence-corrected chi connectivity index (χ1v) is 7.98.